The minimum absolute atomic E-state index is 0.484. The zero-order chi connectivity index (χ0) is 10.7. The SMILES string of the molecule is O=[C]N1CCC(c2nc(CCl)cs2)CC1. The van der Waals surface area contributed by atoms with Crippen LogP contribution >= 0.6 is 22.9 Å². The Labute approximate surface area is 98.1 Å². The maximum Gasteiger partial charge on any atom is 0.312 e. The van der Waals surface area contributed by atoms with E-state index in [0.717, 1.165) is 36.6 Å². The molecule has 0 saturated carbocycles. The Morgan fingerprint density at radius 1 is 1.60 bits per heavy atom. The molecule has 0 unspecified atom stereocenters. The lowest BCUT2D eigenvalue weighted by atomic mass is 9.98. The van der Waals surface area contributed by atoms with Gasteiger partial charge in [0.15, 0.2) is 0 Å². The smallest absolute Gasteiger partial charge is 0.312 e. The van der Waals surface area contributed by atoms with Crippen LogP contribution in [0.2, 0.25) is 0 Å². The Hall–Kier alpha value is -0.610. The molecule has 3 nitrogen and oxygen atoms in total. The lowest BCUT2D eigenvalue weighted by Gasteiger charge is -2.27. The topological polar surface area (TPSA) is 33.2 Å². The van der Waals surface area contributed by atoms with Gasteiger partial charge < -0.3 is 4.90 Å². The maximum absolute atomic E-state index is 10.4. The van der Waals surface area contributed by atoms with Crippen LogP contribution < -0.4 is 0 Å². The highest BCUT2D eigenvalue weighted by Crippen LogP contribution is 2.30. The molecule has 0 N–H and O–H groups in total. The summed E-state index contributed by atoms with van der Waals surface area (Å²) in [6, 6.07) is 0. The number of rotatable bonds is 3. The first kappa shape index (κ1) is 10.9. The van der Waals surface area contributed by atoms with Crippen molar-refractivity contribution in [2.75, 3.05) is 13.1 Å². The van der Waals surface area contributed by atoms with E-state index in [1.165, 1.54) is 0 Å². The third-order valence-electron chi connectivity index (χ3n) is 2.68. The van der Waals surface area contributed by atoms with E-state index in [4.69, 9.17) is 11.6 Å². The van der Waals surface area contributed by atoms with Crippen LogP contribution in [0.25, 0.3) is 0 Å². The van der Waals surface area contributed by atoms with Gasteiger partial charge in [-0.25, -0.2) is 4.98 Å². The summed E-state index contributed by atoms with van der Waals surface area (Å²) in [6.45, 7) is 1.59. The molecule has 1 saturated heterocycles. The number of thiazole rings is 1. The Morgan fingerprint density at radius 3 is 2.87 bits per heavy atom. The molecule has 5 heteroatoms. The third-order valence-corrected chi connectivity index (χ3v) is 4.01. The van der Waals surface area contributed by atoms with Crippen LogP contribution in [0.15, 0.2) is 5.38 Å². The number of hydrogen-bond acceptors (Lipinski definition) is 3. The van der Waals surface area contributed by atoms with Gasteiger partial charge in [-0.05, 0) is 12.8 Å². The Balaban J connectivity index is 1.97. The van der Waals surface area contributed by atoms with Gasteiger partial charge in [-0.1, -0.05) is 0 Å². The monoisotopic (exact) mass is 243 g/mol. The predicted octanol–water partition coefficient (Wildman–Crippen LogP) is 2.13. The molecular formula is C10H12ClN2OS. The summed E-state index contributed by atoms with van der Waals surface area (Å²) in [5, 5.41) is 3.18. The molecule has 1 amide bonds. The van der Waals surface area contributed by atoms with E-state index in [0.29, 0.717) is 11.8 Å². The molecule has 2 rings (SSSR count). The molecule has 1 fully saturated rings. The Kier molecular flexibility index (Phi) is 3.59. The standard InChI is InChI=1S/C10H12ClN2OS/c11-5-9-6-15-10(12-9)8-1-3-13(7-14)4-2-8/h6,8H,1-5H2. The van der Waals surface area contributed by atoms with Crippen molar-refractivity contribution >= 4 is 29.3 Å². The summed E-state index contributed by atoms with van der Waals surface area (Å²) in [6.07, 6.45) is 3.92. The molecule has 0 bridgehead atoms. The van der Waals surface area contributed by atoms with Gasteiger partial charge in [0.05, 0.1) is 16.6 Å². The summed E-state index contributed by atoms with van der Waals surface area (Å²) >= 11 is 7.39. The number of halogens is 1. The Bertz CT molecular complexity index is 334. The van der Waals surface area contributed by atoms with Gasteiger partial charge in [0.1, 0.15) is 0 Å². The fraction of sp³-hybridized carbons (Fsp3) is 0.600. The molecule has 0 spiro atoms. The quantitative estimate of drug-likeness (QED) is 0.762. The maximum atomic E-state index is 10.4. The van der Waals surface area contributed by atoms with Crippen LogP contribution in [-0.2, 0) is 10.7 Å². The first-order valence-corrected chi connectivity index (χ1v) is 6.38. The second-order valence-electron chi connectivity index (χ2n) is 3.66. The van der Waals surface area contributed by atoms with Gasteiger partial charge in [0, 0.05) is 24.4 Å². The van der Waals surface area contributed by atoms with Crippen molar-refractivity contribution in [3.05, 3.63) is 16.1 Å². The van der Waals surface area contributed by atoms with Crippen LogP contribution in [0, 0.1) is 0 Å². The predicted molar refractivity (Wildman–Crippen MR) is 60.9 cm³/mol. The minimum atomic E-state index is 0.484. The van der Waals surface area contributed by atoms with Gasteiger partial charge in [0.25, 0.3) is 0 Å². The van der Waals surface area contributed by atoms with Crippen molar-refractivity contribution < 1.29 is 4.79 Å². The summed E-state index contributed by atoms with van der Waals surface area (Å²) in [7, 11) is 0. The number of likely N-dealkylation sites (tertiary alicyclic amines) is 1. The van der Waals surface area contributed by atoms with Crippen LogP contribution in [-0.4, -0.2) is 29.4 Å². The number of alkyl halides is 1. The highest BCUT2D eigenvalue weighted by molar-refractivity contribution is 7.09. The molecule has 1 aliphatic heterocycles. The summed E-state index contributed by atoms with van der Waals surface area (Å²) in [4.78, 5) is 16.6. The second-order valence-corrected chi connectivity index (χ2v) is 4.82. The van der Waals surface area contributed by atoms with Crippen LogP contribution in [0.1, 0.15) is 29.5 Å². The van der Waals surface area contributed by atoms with E-state index >= 15 is 0 Å². The number of aromatic nitrogens is 1. The van der Waals surface area contributed by atoms with Gasteiger partial charge in [-0.3, -0.25) is 4.79 Å². The lowest BCUT2D eigenvalue weighted by Crippen LogP contribution is -2.31. The first-order chi connectivity index (χ1) is 7.33. The largest absolute Gasteiger partial charge is 0.334 e. The first-order valence-electron chi connectivity index (χ1n) is 4.96. The van der Waals surface area contributed by atoms with E-state index in [2.05, 4.69) is 4.98 Å². The molecule has 1 aromatic rings. The van der Waals surface area contributed by atoms with Gasteiger partial charge in [-0.2, -0.15) is 0 Å². The molecule has 81 valence electrons. The molecular weight excluding hydrogens is 232 g/mol. The molecule has 1 aliphatic rings. The fourth-order valence-electron chi connectivity index (χ4n) is 1.79. The van der Waals surface area contributed by atoms with E-state index in [-0.39, 0.29) is 0 Å². The van der Waals surface area contributed by atoms with Crippen molar-refractivity contribution in [1.82, 2.24) is 9.88 Å². The van der Waals surface area contributed by atoms with Gasteiger partial charge in [-0.15, -0.1) is 22.9 Å². The molecule has 0 aliphatic carbocycles. The second kappa shape index (κ2) is 4.94. The third kappa shape index (κ3) is 2.49. The van der Waals surface area contributed by atoms with Gasteiger partial charge in [0.2, 0.25) is 0 Å². The minimum Gasteiger partial charge on any atom is -0.334 e. The molecule has 0 aromatic carbocycles. The van der Waals surface area contributed by atoms with Crippen LogP contribution in [0.4, 0.5) is 0 Å². The van der Waals surface area contributed by atoms with Crippen molar-refractivity contribution in [1.29, 1.82) is 0 Å². The van der Waals surface area contributed by atoms with Crippen molar-refractivity contribution in [2.24, 2.45) is 0 Å². The van der Waals surface area contributed by atoms with Crippen molar-refractivity contribution in [3.8, 4) is 0 Å². The van der Waals surface area contributed by atoms with E-state index in [9.17, 15) is 4.79 Å². The molecule has 15 heavy (non-hydrogen) atoms. The molecule has 0 atom stereocenters. The average molecular weight is 244 g/mol. The number of hydrogen-bond donors (Lipinski definition) is 0. The highest BCUT2D eigenvalue weighted by atomic mass is 35.5. The van der Waals surface area contributed by atoms with E-state index in [1.807, 2.05) is 11.8 Å². The molecule has 2 heterocycles. The number of carbonyl (C=O) groups excluding carboxylic acids is 1. The van der Waals surface area contributed by atoms with E-state index < -0.39 is 0 Å². The fourth-order valence-corrected chi connectivity index (χ4v) is 3.01. The highest BCUT2D eigenvalue weighted by Gasteiger charge is 2.22. The summed E-state index contributed by atoms with van der Waals surface area (Å²) in [5.74, 6) is 0.980. The van der Waals surface area contributed by atoms with E-state index in [1.54, 1.807) is 16.2 Å². The molecule has 1 aromatic heterocycles. The van der Waals surface area contributed by atoms with Crippen LogP contribution in [0.3, 0.4) is 0 Å². The van der Waals surface area contributed by atoms with Crippen molar-refractivity contribution in [2.45, 2.75) is 24.6 Å². The lowest BCUT2D eigenvalue weighted by molar-refractivity contribution is 0.297. The summed E-state index contributed by atoms with van der Waals surface area (Å²) in [5.41, 5.74) is 0.959. The summed E-state index contributed by atoms with van der Waals surface area (Å²) < 4.78 is 0. The van der Waals surface area contributed by atoms with Crippen LogP contribution in [0.5, 0.6) is 0 Å². The normalized spacial score (nSPS) is 18.1. The number of nitrogens with zero attached hydrogens (tertiary/aromatic N) is 2. The number of piperidine rings is 1. The van der Waals surface area contributed by atoms with Crippen molar-refractivity contribution in [3.63, 3.8) is 0 Å². The zero-order valence-electron chi connectivity index (χ0n) is 8.28. The molecule has 1 radical (unpaired) electrons. The van der Waals surface area contributed by atoms with Gasteiger partial charge >= 0.3 is 6.41 Å². The zero-order valence-corrected chi connectivity index (χ0v) is 9.85. The Morgan fingerprint density at radius 2 is 2.33 bits per heavy atom. The average Bonchev–Trinajstić information content (AvgIpc) is 2.78. The number of amides is 1.